The molecule has 2 aromatic carbocycles. The molecular weight excluding hydrogens is 258 g/mol. The number of halogens is 1. The first-order valence-electron chi connectivity index (χ1n) is 5.90. The van der Waals surface area contributed by atoms with Gasteiger partial charge in [0.15, 0.2) is 5.78 Å². The Balaban J connectivity index is 2.17. The Kier molecular flexibility index (Phi) is 3.02. The van der Waals surface area contributed by atoms with Gasteiger partial charge in [0.1, 0.15) is 0 Å². The zero-order valence-corrected chi connectivity index (χ0v) is 10.8. The Bertz CT molecular complexity index is 762. The third kappa shape index (κ3) is 2.23. The van der Waals surface area contributed by atoms with Crippen molar-refractivity contribution >= 4 is 28.3 Å². The number of rotatable bonds is 2. The molecular formula is C16H10ClNO. The fourth-order valence-electron chi connectivity index (χ4n) is 2.08. The molecule has 0 atom stereocenters. The number of aromatic nitrogens is 1. The molecule has 0 saturated heterocycles. The third-order valence-corrected chi connectivity index (χ3v) is 3.22. The van der Waals surface area contributed by atoms with Crippen molar-refractivity contribution in [3.8, 4) is 0 Å². The molecule has 3 heteroatoms. The van der Waals surface area contributed by atoms with Gasteiger partial charge in [-0.2, -0.15) is 0 Å². The van der Waals surface area contributed by atoms with Crippen LogP contribution in [0, 0.1) is 0 Å². The minimum atomic E-state index is -0.0406. The second kappa shape index (κ2) is 4.82. The Labute approximate surface area is 115 Å². The molecule has 0 N–H and O–H groups in total. The molecule has 0 aliphatic heterocycles. The van der Waals surface area contributed by atoms with E-state index in [4.69, 9.17) is 11.6 Å². The van der Waals surface area contributed by atoms with Crippen LogP contribution < -0.4 is 0 Å². The van der Waals surface area contributed by atoms with Crippen molar-refractivity contribution in [2.75, 3.05) is 0 Å². The highest BCUT2D eigenvalue weighted by Gasteiger charge is 2.12. The lowest BCUT2D eigenvalue weighted by Gasteiger charge is -2.05. The first kappa shape index (κ1) is 11.9. The fraction of sp³-hybridized carbons (Fsp3) is 0. The number of pyridine rings is 1. The molecule has 3 rings (SSSR count). The summed E-state index contributed by atoms with van der Waals surface area (Å²) in [5, 5.41) is 1.42. The first-order chi connectivity index (χ1) is 9.25. The van der Waals surface area contributed by atoms with E-state index in [1.807, 2.05) is 24.3 Å². The largest absolute Gasteiger partial charge is 0.289 e. The van der Waals surface area contributed by atoms with E-state index in [2.05, 4.69) is 4.98 Å². The van der Waals surface area contributed by atoms with Crippen LogP contribution in [0.4, 0.5) is 0 Å². The van der Waals surface area contributed by atoms with Crippen molar-refractivity contribution in [2.24, 2.45) is 0 Å². The SMILES string of the molecule is O=C(c1cccc(Cl)c1)c1ccnc2ccccc12. The molecule has 3 aromatic rings. The summed E-state index contributed by atoms with van der Waals surface area (Å²) in [6.07, 6.45) is 1.65. The Hall–Kier alpha value is -2.19. The van der Waals surface area contributed by atoms with Gasteiger partial charge in [0.25, 0.3) is 0 Å². The number of benzene rings is 2. The normalized spacial score (nSPS) is 10.6. The molecule has 1 heterocycles. The average molecular weight is 268 g/mol. The molecule has 0 fully saturated rings. The quantitative estimate of drug-likeness (QED) is 0.654. The maximum atomic E-state index is 12.5. The number of ketones is 1. The first-order valence-corrected chi connectivity index (χ1v) is 6.27. The van der Waals surface area contributed by atoms with Crippen molar-refractivity contribution in [3.05, 3.63) is 76.9 Å². The number of carbonyl (C=O) groups excluding carboxylic acids is 1. The summed E-state index contributed by atoms with van der Waals surface area (Å²) < 4.78 is 0. The zero-order chi connectivity index (χ0) is 13.2. The molecule has 0 bridgehead atoms. The minimum Gasteiger partial charge on any atom is -0.289 e. The van der Waals surface area contributed by atoms with Crippen LogP contribution in [0.3, 0.4) is 0 Å². The lowest BCUT2D eigenvalue weighted by molar-refractivity contribution is 0.104. The highest BCUT2D eigenvalue weighted by Crippen LogP contribution is 2.21. The van der Waals surface area contributed by atoms with E-state index in [1.165, 1.54) is 0 Å². The number of fused-ring (bicyclic) bond motifs is 1. The highest BCUT2D eigenvalue weighted by atomic mass is 35.5. The average Bonchev–Trinajstić information content (AvgIpc) is 2.46. The molecule has 0 aliphatic rings. The number of hydrogen-bond donors (Lipinski definition) is 0. The van der Waals surface area contributed by atoms with Crippen LogP contribution in [0.1, 0.15) is 15.9 Å². The smallest absolute Gasteiger partial charge is 0.193 e. The van der Waals surface area contributed by atoms with E-state index >= 15 is 0 Å². The van der Waals surface area contributed by atoms with Crippen molar-refractivity contribution in [1.29, 1.82) is 0 Å². The lowest BCUT2D eigenvalue weighted by atomic mass is 10.00. The Morgan fingerprint density at radius 1 is 1.00 bits per heavy atom. The number of nitrogens with zero attached hydrogens (tertiary/aromatic N) is 1. The number of hydrogen-bond acceptors (Lipinski definition) is 2. The Morgan fingerprint density at radius 3 is 2.68 bits per heavy atom. The van der Waals surface area contributed by atoms with Crippen molar-refractivity contribution < 1.29 is 4.79 Å². The molecule has 1 aromatic heterocycles. The maximum Gasteiger partial charge on any atom is 0.193 e. The van der Waals surface area contributed by atoms with Gasteiger partial charge in [-0.15, -0.1) is 0 Å². The van der Waals surface area contributed by atoms with Crippen LogP contribution in [0.15, 0.2) is 60.8 Å². The van der Waals surface area contributed by atoms with E-state index in [-0.39, 0.29) is 5.78 Å². The predicted molar refractivity (Wildman–Crippen MR) is 76.6 cm³/mol. The van der Waals surface area contributed by atoms with E-state index in [0.717, 1.165) is 10.9 Å². The molecule has 0 radical (unpaired) electrons. The van der Waals surface area contributed by atoms with E-state index in [1.54, 1.807) is 36.5 Å². The number of para-hydroxylation sites is 1. The second-order valence-corrected chi connectivity index (χ2v) is 4.65. The summed E-state index contributed by atoms with van der Waals surface area (Å²) in [7, 11) is 0. The van der Waals surface area contributed by atoms with Gasteiger partial charge in [0.05, 0.1) is 5.52 Å². The van der Waals surface area contributed by atoms with Crippen LogP contribution >= 0.6 is 11.6 Å². The van der Waals surface area contributed by atoms with Gasteiger partial charge in [-0.05, 0) is 24.3 Å². The van der Waals surface area contributed by atoms with Gasteiger partial charge in [0.2, 0.25) is 0 Å². The summed E-state index contributed by atoms with van der Waals surface area (Å²) in [5.41, 5.74) is 2.05. The summed E-state index contributed by atoms with van der Waals surface area (Å²) in [5.74, 6) is -0.0406. The third-order valence-electron chi connectivity index (χ3n) is 2.98. The monoisotopic (exact) mass is 267 g/mol. The molecule has 2 nitrogen and oxygen atoms in total. The maximum absolute atomic E-state index is 12.5. The van der Waals surface area contributed by atoms with Crippen LogP contribution in [-0.2, 0) is 0 Å². The topological polar surface area (TPSA) is 30.0 Å². The van der Waals surface area contributed by atoms with Crippen LogP contribution in [-0.4, -0.2) is 10.8 Å². The van der Waals surface area contributed by atoms with Gasteiger partial charge in [-0.25, -0.2) is 0 Å². The summed E-state index contributed by atoms with van der Waals surface area (Å²) >= 11 is 5.93. The summed E-state index contributed by atoms with van der Waals surface area (Å²) in [6, 6.07) is 16.3. The lowest BCUT2D eigenvalue weighted by Crippen LogP contribution is -2.02. The summed E-state index contributed by atoms with van der Waals surface area (Å²) in [4.78, 5) is 16.8. The molecule has 0 aliphatic carbocycles. The minimum absolute atomic E-state index is 0.0406. The Morgan fingerprint density at radius 2 is 1.84 bits per heavy atom. The van der Waals surface area contributed by atoms with Crippen LogP contribution in [0.2, 0.25) is 5.02 Å². The predicted octanol–water partition coefficient (Wildman–Crippen LogP) is 4.12. The van der Waals surface area contributed by atoms with Gasteiger partial charge in [-0.3, -0.25) is 9.78 Å². The summed E-state index contributed by atoms with van der Waals surface area (Å²) in [6.45, 7) is 0. The van der Waals surface area contributed by atoms with Crippen molar-refractivity contribution in [3.63, 3.8) is 0 Å². The standard InChI is InChI=1S/C16H10ClNO/c17-12-5-3-4-11(10-12)16(19)14-8-9-18-15-7-2-1-6-13(14)15/h1-10H. The highest BCUT2D eigenvalue weighted by molar-refractivity contribution is 6.31. The van der Waals surface area contributed by atoms with Gasteiger partial charge in [-0.1, -0.05) is 41.9 Å². The molecule has 0 amide bonds. The molecule has 92 valence electrons. The van der Waals surface area contributed by atoms with E-state index < -0.39 is 0 Å². The molecule has 0 spiro atoms. The van der Waals surface area contributed by atoms with Crippen molar-refractivity contribution in [1.82, 2.24) is 4.98 Å². The van der Waals surface area contributed by atoms with Gasteiger partial charge < -0.3 is 0 Å². The van der Waals surface area contributed by atoms with Crippen LogP contribution in [0.5, 0.6) is 0 Å². The van der Waals surface area contributed by atoms with E-state index in [0.29, 0.717) is 16.1 Å². The fourth-order valence-corrected chi connectivity index (χ4v) is 2.27. The second-order valence-electron chi connectivity index (χ2n) is 4.22. The van der Waals surface area contributed by atoms with Crippen LogP contribution in [0.25, 0.3) is 10.9 Å². The van der Waals surface area contributed by atoms with Gasteiger partial charge in [0, 0.05) is 27.7 Å². The number of carbonyl (C=O) groups is 1. The van der Waals surface area contributed by atoms with Gasteiger partial charge >= 0.3 is 0 Å². The molecule has 19 heavy (non-hydrogen) atoms. The van der Waals surface area contributed by atoms with Crippen molar-refractivity contribution in [2.45, 2.75) is 0 Å². The molecule has 0 unspecified atom stereocenters. The molecule has 0 saturated carbocycles. The van der Waals surface area contributed by atoms with E-state index in [9.17, 15) is 4.79 Å². The zero-order valence-electron chi connectivity index (χ0n) is 10.0.